The monoisotopic (exact) mass is 283 g/mol. The Balaban J connectivity index is 0. The topological polar surface area (TPSA) is 121 Å². The van der Waals surface area contributed by atoms with Crippen LogP contribution in [0.5, 0.6) is 0 Å². The normalized spacial score (nSPS) is 11.4. The van der Waals surface area contributed by atoms with Gasteiger partial charge in [0.2, 0.25) is 0 Å². The highest BCUT2D eigenvalue weighted by molar-refractivity contribution is 8.18. The molecule has 0 aliphatic rings. The molecule has 3 N–H and O–H groups in total. The first-order valence-electron chi connectivity index (χ1n) is 4.64. The molecule has 0 fully saturated rings. The highest BCUT2D eigenvalue weighted by atomic mass is 32.2. The quantitative estimate of drug-likeness (QED) is 0.695. The number of carboxylic acid groups (broad SMARTS) is 1. The molecule has 0 saturated carbocycles. The van der Waals surface area contributed by atoms with E-state index in [0.29, 0.717) is 6.42 Å². The van der Waals surface area contributed by atoms with Crippen LogP contribution in [0.1, 0.15) is 20.3 Å². The van der Waals surface area contributed by atoms with E-state index in [4.69, 9.17) is 10.8 Å². The second kappa shape index (κ2) is 10.6. The Labute approximate surface area is 108 Å². The highest BCUT2D eigenvalue weighted by Crippen LogP contribution is 1.97. The molecule has 0 aromatic carbocycles. The smallest absolute Gasteiger partial charge is 0.334 e. The van der Waals surface area contributed by atoms with Crippen LogP contribution in [-0.4, -0.2) is 43.9 Å². The summed E-state index contributed by atoms with van der Waals surface area (Å²) < 4.78 is 10.3. The lowest BCUT2D eigenvalue weighted by atomic mass is 10.2. The van der Waals surface area contributed by atoms with Gasteiger partial charge in [0, 0.05) is 13.8 Å². The molecule has 0 unspecified atom stereocenters. The maximum absolute atomic E-state index is 10.3. The van der Waals surface area contributed by atoms with E-state index in [9.17, 15) is 18.9 Å². The Hall–Kier alpha value is -0.570. The summed E-state index contributed by atoms with van der Waals surface area (Å²) >= 11 is -0.297. The molecule has 0 amide bonds. The molecule has 17 heavy (non-hydrogen) atoms. The molecule has 0 aliphatic heterocycles. The van der Waals surface area contributed by atoms with Gasteiger partial charge in [0.25, 0.3) is 0 Å². The summed E-state index contributed by atoms with van der Waals surface area (Å²) in [5.41, 5.74) is 5.19. The summed E-state index contributed by atoms with van der Waals surface area (Å²) in [4.78, 5) is 30.2. The van der Waals surface area contributed by atoms with Crippen LogP contribution in [0.2, 0.25) is 0 Å². The van der Waals surface area contributed by atoms with Gasteiger partial charge in [-0.2, -0.15) is 11.8 Å². The summed E-state index contributed by atoms with van der Waals surface area (Å²) in [6.07, 6.45) is 2.48. The minimum absolute atomic E-state index is 0.552. The molecular weight excluding hydrogens is 266 g/mol. The molecule has 0 aliphatic carbocycles. The first kappa shape index (κ1) is 18.8. The van der Waals surface area contributed by atoms with Gasteiger partial charge < -0.3 is 15.4 Å². The number of carbonyl (C=O) groups excluding carboxylic acids is 2. The number of hydrogen-bond acceptors (Lipinski definition) is 6. The molecule has 1 atom stereocenters. The maximum atomic E-state index is 10.3. The third-order valence-electron chi connectivity index (χ3n) is 1.47. The van der Waals surface area contributed by atoms with Crippen LogP contribution in [-0.2, 0) is 25.6 Å². The number of hydrogen-bond donors (Lipinski definition) is 2. The van der Waals surface area contributed by atoms with Crippen molar-refractivity contribution >= 4 is 39.1 Å². The average molecular weight is 283 g/mol. The van der Waals surface area contributed by atoms with Crippen LogP contribution in [0, 0.1) is 0 Å². The minimum Gasteiger partial charge on any atom is -0.602 e. The first-order valence-corrected chi connectivity index (χ1v) is 7.18. The SMILES string of the molecule is CC(=O)[S+]([O-])C(C)=O.CSCC[C@H](N)C(=O)O. The van der Waals surface area contributed by atoms with E-state index < -0.39 is 33.4 Å². The third kappa shape index (κ3) is 11.7. The van der Waals surface area contributed by atoms with Crippen molar-refractivity contribution in [3.8, 4) is 0 Å². The minimum atomic E-state index is -1.90. The molecule has 0 saturated heterocycles. The standard InChI is InChI=1S/C5H11NO2S.C4H6O3S/c1-9-3-2-4(6)5(7)8;1-3(5)8(7)4(2)6/h4H,2-3,6H2,1H3,(H,7,8);1-2H3/t4-;/m0./s1. The largest absolute Gasteiger partial charge is 0.602 e. The number of carbonyl (C=O) groups is 3. The molecule has 0 heterocycles. The molecular formula is C9H17NO5S2. The van der Waals surface area contributed by atoms with Gasteiger partial charge in [0.05, 0.1) is 11.2 Å². The summed E-state index contributed by atoms with van der Waals surface area (Å²) in [5, 5.41) is 7.10. The number of aliphatic carboxylic acids is 1. The zero-order valence-electron chi connectivity index (χ0n) is 9.97. The summed E-state index contributed by atoms with van der Waals surface area (Å²) in [7, 11) is 0. The lowest BCUT2D eigenvalue weighted by Crippen LogP contribution is -2.30. The van der Waals surface area contributed by atoms with E-state index in [2.05, 4.69) is 0 Å². The van der Waals surface area contributed by atoms with Crippen LogP contribution in [0.25, 0.3) is 0 Å². The zero-order chi connectivity index (χ0) is 14.0. The maximum Gasteiger partial charge on any atom is 0.334 e. The third-order valence-corrected chi connectivity index (χ3v) is 3.16. The molecule has 0 aromatic rings. The van der Waals surface area contributed by atoms with Crippen molar-refractivity contribution < 1.29 is 24.0 Å². The van der Waals surface area contributed by atoms with Gasteiger partial charge >= 0.3 is 16.2 Å². The van der Waals surface area contributed by atoms with Crippen molar-refractivity contribution in [3.63, 3.8) is 0 Å². The van der Waals surface area contributed by atoms with Crippen molar-refractivity contribution in [1.29, 1.82) is 0 Å². The molecule has 0 bridgehead atoms. The van der Waals surface area contributed by atoms with Crippen molar-refractivity contribution in [3.05, 3.63) is 0 Å². The fourth-order valence-corrected chi connectivity index (χ4v) is 1.47. The van der Waals surface area contributed by atoms with Crippen molar-refractivity contribution in [2.75, 3.05) is 12.0 Å². The molecule has 0 spiro atoms. The van der Waals surface area contributed by atoms with Crippen molar-refractivity contribution in [2.45, 2.75) is 26.3 Å². The van der Waals surface area contributed by atoms with Crippen LogP contribution < -0.4 is 5.73 Å². The number of carboxylic acids is 1. The van der Waals surface area contributed by atoms with E-state index >= 15 is 0 Å². The van der Waals surface area contributed by atoms with Crippen LogP contribution in [0.4, 0.5) is 0 Å². The van der Waals surface area contributed by atoms with Gasteiger partial charge in [-0.05, 0) is 18.4 Å². The number of rotatable bonds is 4. The Kier molecular flexibility index (Phi) is 11.7. The molecule has 8 heteroatoms. The molecule has 0 radical (unpaired) electrons. The Morgan fingerprint density at radius 2 is 1.76 bits per heavy atom. The van der Waals surface area contributed by atoms with E-state index in [1.807, 2.05) is 6.26 Å². The van der Waals surface area contributed by atoms with Crippen molar-refractivity contribution in [1.82, 2.24) is 0 Å². The Bertz CT molecular complexity index is 258. The number of thioether (sulfide) groups is 1. The van der Waals surface area contributed by atoms with Gasteiger partial charge in [0.1, 0.15) is 6.04 Å². The predicted octanol–water partition coefficient (Wildman–Crippen LogP) is -0.0205. The molecule has 0 rings (SSSR count). The molecule has 6 nitrogen and oxygen atoms in total. The van der Waals surface area contributed by atoms with Gasteiger partial charge in [0.15, 0.2) is 0 Å². The van der Waals surface area contributed by atoms with Gasteiger partial charge in [-0.25, -0.2) is 9.59 Å². The van der Waals surface area contributed by atoms with Crippen LogP contribution >= 0.6 is 11.8 Å². The van der Waals surface area contributed by atoms with E-state index in [0.717, 1.165) is 19.6 Å². The Morgan fingerprint density at radius 1 is 1.35 bits per heavy atom. The highest BCUT2D eigenvalue weighted by Gasteiger charge is 2.18. The van der Waals surface area contributed by atoms with E-state index in [-0.39, 0.29) is 0 Å². The first-order chi connectivity index (χ1) is 7.73. The lowest BCUT2D eigenvalue weighted by Gasteiger charge is -2.02. The van der Waals surface area contributed by atoms with Gasteiger partial charge in [-0.1, -0.05) is 0 Å². The second-order valence-electron chi connectivity index (χ2n) is 2.98. The number of nitrogens with two attached hydrogens (primary N) is 1. The molecule has 0 aromatic heterocycles. The Morgan fingerprint density at radius 3 is 1.94 bits per heavy atom. The average Bonchev–Trinajstić information content (AvgIpc) is 2.25. The summed E-state index contributed by atoms with van der Waals surface area (Å²) in [6.45, 7) is 2.25. The van der Waals surface area contributed by atoms with Crippen LogP contribution in [0.3, 0.4) is 0 Å². The van der Waals surface area contributed by atoms with Crippen LogP contribution in [0.15, 0.2) is 0 Å². The molecule has 100 valence electrons. The lowest BCUT2D eigenvalue weighted by molar-refractivity contribution is -0.138. The zero-order valence-corrected chi connectivity index (χ0v) is 11.6. The van der Waals surface area contributed by atoms with Gasteiger partial charge in [-0.15, -0.1) is 0 Å². The second-order valence-corrected chi connectivity index (χ2v) is 5.65. The summed E-state index contributed by atoms with van der Waals surface area (Å²) in [5.74, 6) is -0.1000. The summed E-state index contributed by atoms with van der Waals surface area (Å²) in [6, 6.07) is -0.683. The predicted molar refractivity (Wildman–Crippen MR) is 68.1 cm³/mol. The fraction of sp³-hybridized carbons (Fsp3) is 0.667. The van der Waals surface area contributed by atoms with E-state index in [1.165, 1.54) is 0 Å². The van der Waals surface area contributed by atoms with Crippen molar-refractivity contribution in [2.24, 2.45) is 5.73 Å². The fourth-order valence-electron chi connectivity index (χ4n) is 0.571. The van der Waals surface area contributed by atoms with Gasteiger partial charge in [-0.3, -0.25) is 4.79 Å². The van der Waals surface area contributed by atoms with E-state index in [1.54, 1.807) is 11.8 Å².